The first-order valence-corrected chi connectivity index (χ1v) is 3.68. The van der Waals surface area contributed by atoms with E-state index in [9.17, 15) is 0 Å². The molecule has 0 bridgehead atoms. The van der Waals surface area contributed by atoms with Gasteiger partial charge in [0.15, 0.2) is 0 Å². The summed E-state index contributed by atoms with van der Waals surface area (Å²) in [6.07, 6.45) is 0. The Hall–Kier alpha value is 0.470. The van der Waals surface area contributed by atoms with Crippen LogP contribution in [0.25, 0.3) is 0 Å². The molecule has 1 heterocycles. The average Bonchev–Trinajstić information content (AvgIpc) is 1.75. The van der Waals surface area contributed by atoms with E-state index in [4.69, 9.17) is 0 Å². The second-order valence-corrected chi connectivity index (χ2v) is 3.42. The van der Waals surface area contributed by atoms with E-state index in [1.807, 2.05) is 0 Å². The molecule has 0 aromatic carbocycles. The van der Waals surface area contributed by atoms with Gasteiger partial charge in [-0.15, -0.1) is 0 Å². The fourth-order valence-corrected chi connectivity index (χ4v) is 0.805. The second kappa shape index (κ2) is 0.708. The maximum atomic E-state index is 4.03. The molecule has 0 unspecified atom stereocenters. The van der Waals surface area contributed by atoms with E-state index in [2.05, 4.69) is 20.0 Å². The summed E-state index contributed by atoms with van der Waals surface area (Å²) in [5.74, 6) is 4.19. The van der Waals surface area contributed by atoms with Gasteiger partial charge in [0, 0.05) is 0 Å². The van der Waals surface area contributed by atoms with Gasteiger partial charge in [0.1, 0.15) is 0 Å². The molecular formula is C2H2P2. The Morgan fingerprint density at radius 3 is 1.75 bits per heavy atom. The first-order chi connectivity index (χ1) is 1.89. The van der Waals surface area contributed by atoms with E-state index in [1.165, 1.54) is 0 Å². The summed E-state index contributed by atoms with van der Waals surface area (Å²) in [4.78, 5) is 0. The van der Waals surface area contributed by atoms with Crippen molar-refractivity contribution in [2.75, 3.05) is 0 Å². The monoisotopic (exact) mass is 88.0 g/mol. The van der Waals surface area contributed by atoms with Gasteiger partial charge in [0.25, 0.3) is 0 Å². The van der Waals surface area contributed by atoms with Crippen molar-refractivity contribution in [1.29, 1.82) is 0 Å². The zero-order chi connectivity index (χ0) is 2.99. The van der Waals surface area contributed by atoms with Gasteiger partial charge in [-0.25, -0.2) is 0 Å². The molecule has 2 heteroatoms. The van der Waals surface area contributed by atoms with Crippen LogP contribution in [0, 0.1) is 0 Å². The minimum atomic E-state index is 0.0741. The van der Waals surface area contributed by atoms with Crippen molar-refractivity contribution in [1.82, 2.24) is 0 Å². The zero-order valence-corrected chi connectivity index (χ0v) is 3.84. The number of rotatable bonds is 0. The van der Waals surface area contributed by atoms with E-state index in [0.717, 1.165) is 0 Å². The molecule has 0 radical (unpaired) electrons. The van der Waals surface area contributed by atoms with Crippen LogP contribution in [0.5, 0.6) is 0 Å². The quantitative estimate of drug-likeness (QED) is 0.398. The van der Waals surface area contributed by atoms with Gasteiger partial charge < -0.3 is 0 Å². The standard InChI is InChI=1S/C2H2P2/c3-4-1-2-4/h1-2H. The van der Waals surface area contributed by atoms with Gasteiger partial charge in [-0.2, -0.15) is 0 Å². The SMILES string of the molecule is P#P1C=C1. The molecule has 0 saturated carbocycles. The fraction of sp³-hybridized carbons (Fsp3) is 0. The predicted octanol–water partition coefficient (Wildman–Crippen LogP) is 2.28. The molecule has 0 aromatic rings. The van der Waals surface area contributed by atoms with E-state index in [-0.39, 0.29) is 7.02 Å². The van der Waals surface area contributed by atoms with E-state index in [0.29, 0.717) is 0 Å². The Bertz CT molecular complexity index is 92.9. The van der Waals surface area contributed by atoms with Crippen LogP contribution in [0.1, 0.15) is 0 Å². The molecule has 0 fully saturated rings. The normalized spacial score (nSPS) is 17.2. The van der Waals surface area contributed by atoms with Crippen molar-refractivity contribution in [2.45, 2.75) is 0 Å². The van der Waals surface area contributed by atoms with E-state index < -0.39 is 0 Å². The van der Waals surface area contributed by atoms with Gasteiger partial charge in [0.2, 0.25) is 0 Å². The number of hydrogen-bond donors (Lipinski definition) is 0. The van der Waals surface area contributed by atoms with Gasteiger partial charge in [-0.3, -0.25) is 0 Å². The molecule has 20 valence electrons. The summed E-state index contributed by atoms with van der Waals surface area (Å²) in [7, 11) is 4.10. The number of hydrogen-bond acceptors (Lipinski definition) is 0. The molecule has 1 aliphatic heterocycles. The summed E-state index contributed by atoms with van der Waals surface area (Å²) in [5.41, 5.74) is 0. The molecule has 0 N–H and O–H groups in total. The molecule has 0 spiro atoms. The third-order valence-electron chi connectivity index (χ3n) is 0.282. The summed E-state index contributed by atoms with van der Waals surface area (Å²) in [6, 6.07) is 0. The second-order valence-electron chi connectivity index (χ2n) is 0.678. The van der Waals surface area contributed by atoms with Crippen molar-refractivity contribution in [2.24, 2.45) is 0 Å². The molecule has 0 saturated heterocycles. The molecule has 0 atom stereocenters. The van der Waals surface area contributed by atoms with Crippen molar-refractivity contribution in [3.05, 3.63) is 11.6 Å². The molecule has 0 amide bonds. The minimum absolute atomic E-state index is 0.0741. The van der Waals surface area contributed by atoms with Crippen LogP contribution in [-0.2, 0) is 0 Å². The van der Waals surface area contributed by atoms with Gasteiger partial charge in [0.05, 0.1) is 0 Å². The first-order valence-electron chi connectivity index (χ1n) is 1.05. The van der Waals surface area contributed by atoms with Crippen LogP contribution in [0.3, 0.4) is 0 Å². The van der Waals surface area contributed by atoms with Crippen LogP contribution < -0.4 is 0 Å². The van der Waals surface area contributed by atoms with Crippen molar-refractivity contribution in [3.63, 3.8) is 0 Å². The topological polar surface area (TPSA) is 0 Å². The predicted molar refractivity (Wildman–Crippen MR) is 23.0 cm³/mol. The third-order valence-corrected chi connectivity index (χ3v) is 1.65. The molecule has 0 aliphatic carbocycles. The Kier molecular flexibility index (Phi) is 0.476. The van der Waals surface area contributed by atoms with E-state index >= 15 is 0 Å². The van der Waals surface area contributed by atoms with Crippen LogP contribution >= 0.6 is 15.4 Å². The Labute approximate surface area is 28.0 Å². The van der Waals surface area contributed by atoms with Crippen LogP contribution in [0.15, 0.2) is 11.6 Å². The molecular weight excluding hydrogens is 86.0 g/mol. The van der Waals surface area contributed by atoms with E-state index in [1.54, 1.807) is 0 Å². The Morgan fingerprint density at radius 2 is 1.75 bits per heavy atom. The molecule has 0 nitrogen and oxygen atoms in total. The maximum absolute atomic E-state index is 4.03. The Balaban J connectivity index is 3.02. The van der Waals surface area contributed by atoms with Gasteiger partial charge in [-0.1, -0.05) is 0 Å². The first kappa shape index (κ1) is 2.69. The molecule has 1 rings (SSSR count). The average molecular weight is 88.0 g/mol. The van der Waals surface area contributed by atoms with Crippen LogP contribution in [-0.4, -0.2) is 0 Å². The van der Waals surface area contributed by atoms with Gasteiger partial charge in [-0.05, 0) is 0 Å². The van der Waals surface area contributed by atoms with Crippen molar-refractivity contribution in [3.8, 4) is 0 Å². The summed E-state index contributed by atoms with van der Waals surface area (Å²) >= 11 is 0. The van der Waals surface area contributed by atoms with Crippen molar-refractivity contribution >= 4 is 15.4 Å². The fourth-order valence-electron chi connectivity index (χ4n) is 0.0298. The molecule has 0 aromatic heterocycles. The summed E-state index contributed by atoms with van der Waals surface area (Å²) in [6.45, 7) is 0. The summed E-state index contributed by atoms with van der Waals surface area (Å²) < 4.78 is 0. The molecule has 4 heavy (non-hydrogen) atoms. The Morgan fingerprint density at radius 1 is 1.50 bits per heavy atom. The van der Waals surface area contributed by atoms with Gasteiger partial charge >= 0.3 is 27.0 Å². The third kappa shape index (κ3) is 0.443. The molecule has 1 aliphatic rings. The van der Waals surface area contributed by atoms with Crippen LogP contribution in [0.4, 0.5) is 0 Å². The zero-order valence-electron chi connectivity index (χ0n) is 2.05. The summed E-state index contributed by atoms with van der Waals surface area (Å²) in [5, 5.41) is 0. The van der Waals surface area contributed by atoms with Crippen molar-refractivity contribution < 1.29 is 0 Å². The van der Waals surface area contributed by atoms with Crippen LogP contribution in [0.2, 0.25) is 0 Å².